The molecule has 0 saturated carbocycles. The lowest BCUT2D eigenvalue weighted by atomic mass is 10.1. The van der Waals surface area contributed by atoms with Gasteiger partial charge in [-0.25, -0.2) is 0 Å². The number of aromatic nitrogens is 2. The first-order valence-electron chi connectivity index (χ1n) is 6.89. The average Bonchev–Trinajstić information content (AvgIpc) is 2.47. The van der Waals surface area contributed by atoms with Crippen LogP contribution in [0.1, 0.15) is 6.92 Å². The molecule has 0 fully saturated rings. The molecule has 3 aromatic rings. The Morgan fingerprint density at radius 2 is 1.71 bits per heavy atom. The van der Waals surface area contributed by atoms with Gasteiger partial charge < -0.3 is 16.4 Å². The van der Waals surface area contributed by atoms with Crippen LogP contribution in [-0.4, -0.2) is 16.5 Å². The van der Waals surface area contributed by atoms with Crippen molar-refractivity contribution in [3.05, 3.63) is 48.5 Å². The van der Waals surface area contributed by atoms with Gasteiger partial charge in [0.1, 0.15) is 11.6 Å². The summed E-state index contributed by atoms with van der Waals surface area (Å²) in [7, 11) is 0. The van der Waals surface area contributed by atoms with Crippen LogP contribution in [0.2, 0.25) is 0 Å². The van der Waals surface area contributed by atoms with E-state index in [4.69, 9.17) is 5.73 Å². The molecule has 0 bridgehead atoms. The summed E-state index contributed by atoms with van der Waals surface area (Å²) < 4.78 is 0. The molecule has 0 amide bonds. The molecular formula is C16H17N5. The van der Waals surface area contributed by atoms with Crippen LogP contribution >= 0.6 is 0 Å². The number of fused-ring (bicyclic) bond motifs is 1. The van der Waals surface area contributed by atoms with Gasteiger partial charge in [-0.05, 0) is 29.8 Å². The number of benzene rings is 2. The third-order valence-electron chi connectivity index (χ3n) is 3.12. The number of rotatable bonds is 4. The van der Waals surface area contributed by atoms with E-state index in [1.807, 2.05) is 31.2 Å². The van der Waals surface area contributed by atoms with E-state index in [9.17, 15) is 0 Å². The predicted molar refractivity (Wildman–Crippen MR) is 87.8 cm³/mol. The molecule has 0 aliphatic carbocycles. The van der Waals surface area contributed by atoms with Crippen molar-refractivity contribution in [2.75, 3.05) is 22.9 Å². The minimum atomic E-state index is 0.247. The van der Waals surface area contributed by atoms with E-state index in [0.717, 1.165) is 12.2 Å². The zero-order chi connectivity index (χ0) is 14.7. The van der Waals surface area contributed by atoms with Gasteiger partial charge in [0.15, 0.2) is 0 Å². The number of hydrogen-bond donors (Lipinski definition) is 3. The van der Waals surface area contributed by atoms with E-state index in [1.165, 1.54) is 10.8 Å². The van der Waals surface area contributed by atoms with Crippen LogP contribution in [0.5, 0.6) is 0 Å². The molecule has 5 nitrogen and oxygen atoms in total. The van der Waals surface area contributed by atoms with E-state index in [1.54, 1.807) is 0 Å². The molecular weight excluding hydrogens is 262 g/mol. The first-order chi connectivity index (χ1) is 10.2. The maximum Gasteiger partial charge on any atom is 0.223 e. The molecule has 4 N–H and O–H groups in total. The van der Waals surface area contributed by atoms with Crippen LogP contribution in [0, 0.1) is 0 Å². The van der Waals surface area contributed by atoms with Crippen molar-refractivity contribution in [1.82, 2.24) is 9.97 Å². The molecule has 1 aromatic heterocycles. The van der Waals surface area contributed by atoms with Crippen LogP contribution in [0.25, 0.3) is 10.8 Å². The fraction of sp³-hybridized carbons (Fsp3) is 0.125. The third-order valence-corrected chi connectivity index (χ3v) is 3.12. The molecule has 5 heteroatoms. The van der Waals surface area contributed by atoms with Gasteiger partial charge in [0.05, 0.1) is 0 Å². The quantitative estimate of drug-likeness (QED) is 0.682. The van der Waals surface area contributed by atoms with E-state index in [-0.39, 0.29) is 5.95 Å². The van der Waals surface area contributed by atoms with Gasteiger partial charge in [-0.3, -0.25) is 0 Å². The average molecular weight is 279 g/mol. The van der Waals surface area contributed by atoms with Crippen molar-refractivity contribution in [2.45, 2.75) is 6.92 Å². The highest BCUT2D eigenvalue weighted by Crippen LogP contribution is 2.22. The third kappa shape index (κ3) is 3.02. The Kier molecular flexibility index (Phi) is 3.55. The maximum absolute atomic E-state index is 5.73. The topological polar surface area (TPSA) is 75.9 Å². The Hall–Kier alpha value is -2.82. The summed E-state index contributed by atoms with van der Waals surface area (Å²) in [5.74, 6) is 1.64. The van der Waals surface area contributed by atoms with Gasteiger partial charge in [0.25, 0.3) is 0 Å². The Morgan fingerprint density at radius 1 is 0.952 bits per heavy atom. The lowest BCUT2D eigenvalue weighted by Gasteiger charge is -2.09. The summed E-state index contributed by atoms with van der Waals surface area (Å²) in [4.78, 5) is 8.34. The van der Waals surface area contributed by atoms with Gasteiger partial charge >= 0.3 is 0 Å². The van der Waals surface area contributed by atoms with Gasteiger partial charge in [-0.2, -0.15) is 9.97 Å². The van der Waals surface area contributed by atoms with Crippen molar-refractivity contribution in [1.29, 1.82) is 0 Å². The Morgan fingerprint density at radius 3 is 2.52 bits per heavy atom. The molecule has 0 saturated heterocycles. The van der Waals surface area contributed by atoms with Crippen LogP contribution in [0.15, 0.2) is 48.5 Å². The number of nitrogens with zero attached hydrogens (tertiary/aromatic N) is 2. The minimum absolute atomic E-state index is 0.247. The number of anilines is 4. The van der Waals surface area contributed by atoms with E-state index < -0.39 is 0 Å². The summed E-state index contributed by atoms with van der Waals surface area (Å²) in [6, 6.07) is 16.3. The van der Waals surface area contributed by atoms with Crippen molar-refractivity contribution in [3.8, 4) is 0 Å². The lowest BCUT2D eigenvalue weighted by Crippen LogP contribution is -2.05. The highest BCUT2D eigenvalue weighted by molar-refractivity contribution is 5.86. The summed E-state index contributed by atoms with van der Waals surface area (Å²) >= 11 is 0. The van der Waals surface area contributed by atoms with Crippen LogP contribution in [0.3, 0.4) is 0 Å². The Labute approximate surface area is 123 Å². The molecule has 0 spiro atoms. The standard InChI is InChI=1S/C16H17N5/c1-2-18-14-10-15(21-16(17)20-14)19-13-8-7-11-5-3-4-6-12(11)9-13/h3-10H,2H2,1H3,(H4,17,18,19,20,21). The number of nitrogens with one attached hydrogen (secondary N) is 2. The van der Waals surface area contributed by atoms with Crippen molar-refractivity contribution < 1.29 is 0 Å². The second kappa shape index (κ2) is 5.66. The summed E-state index contributed by atoms with van der Waals surface area (Å²) in [5, 5.41) is 8.78. The van der Waals surface area contributed by atoms with Gasteiger partial charge in [0, 0.05) is 18.3 Å². The maximum atomic E-state index is 5.73. The monoisotopic (exact) mass is 279 g/mol. The fourth-order valence-electron chi connectivity index (χ4n) is 2.22. The van der Waals surface area contributed by atoms with E-state index >= 15 is 0 Å². The summed E-state index contributed by atoms with van der Waals surface area (Å²) in [5.41, 5.74) is 6.70. The molecule has 21 heavy (non-hydrogen) atoms. The number of nitrogen functional groups attached to an aromatic ring is 1. The van der Waals surface area contributed by atoms with Crippen molar-refractivity contribution in [3.63, 3.8) is 0 Å². The van der Waals surface area contributed by atoms with Gasteiger partial charge in [-0.15, -0.1) is 0 Å². The highest BCUT2D eigenvalue weighted by atomic mass is 15.1. The molecule has 0 aliphatic heterocycles. The van der Waals surface area contributed by atoms with Crippen LogP contribution < -0.4 is 16.4 Å². The minimum Gasteiger partial charge on any atom is -0.370 e. The normalized spacial score (nSPS) is 10.5. The first-order valence-corrected chi connectivity index (χ1v) is 6.89. The molecule has 1 heterocycles. The second-order valence-corrected chi connectivity index (χ2v) is 4.71. The molecule has 0 radical (unpaired) electrons. The molecule has 2 aromatic carbocycles. The van der Waals surface area contributed by atoms with Crippen LogP contribution in [-0.2, 0) is 0 Å². The number of nitrogens with two attached hydrogens (primary N) is 1. The van der Waals surface area contributed by atoms with E-state index in [2.05, 4.69) is 44.9 Å². The fourth-order valence-corrected chi connectivity index (χ4v) is 2.22. The SMILES string of the molecule is CCNc1cc(Nc2ccc3ccccc3c2)nc(N)n1. The summed E-state index contributed by atoms with van der Waals surface area (Å²) in [6.07, 6.45) is 0. The molecule has 0 unspecified atom stereocenters. The predicted octanol–water partition coefficient (Wildman–Crippen LogP) is 3.39. The number of hydrogen-bond acceptors (Lipinski definition) is 5. The zero-order valence-corrected chi connectivity index (χ0v) is 11.8. The molecule has 0 atom stereocenters. The zero-order valence-electron chi connectivity index (χ0n) is 11.8. The van der Waals surface area contributed by atoms with Gasteiger partial charge in [-0.1, -0.05) is 30.3 Å². The lowest BCUT2D eigenvalue weighted by molar-refractivity contribution is 1.12. The molecule has 3 rings (SSSR count). The van der Waals surface area contributed by atoms with Crippen molar-refractivity contribution in [2.24, 2.45) is 0 Å². The summed E-state index contributed by atoms with van der Waals surface area (Å²) in [6.45, 7) is 2.79. The Balaban J connectivity index is 1.90. The van der Waals surface area contributed by atoms with Gasteiger partial charge in [0.2, 0.25) is 5.95 Å². The van der Waals surface area contributed by atoms with E-state index in [0.29, 0.717) is 11.6 Å². The second-order valence-electron chi connectivity index (χ2n) is 4.71. The molecule has 106 valence electrons. The Bertz CT molecular complexity index is 769. The van der Waals surface area contributed by atoms with Crippen molar-refractivity contribution >= 4 is 34.0 Å². The smallest absolute Gasteiger partial charge is 0.223 e. The highest BCUT2D eigenvalue weighted by Gasteiger charge is 2.03. The first kappa shape index (κ1) is 13.2. The van der Waals surface area contributed by atoms with Crippen LogP contribution in [0.4, 0.5) is 23.3 Å². The largest absolute Gasteiger partial charge is 0.370 e. The molecule has 0 aliphatic rings.